The first kappa shape index (κ1) is 11.8. The van der Waals surface area contributed by atoms with Gasteiger partial charge in [0.15, 0.2) is 0 Å². The minimum Gasteiger partial charge on any atom is -0.384 e. The Morgan fingerprint density at radius 2 is 2.06 bits per heavy atom. The normalized spacial score (nSPS) is 21.4. The molecule has 1 saturated heterocycles. The number of benzene rings is 1. The van der Waals surface area contributed by atoms with Crippen molar-refractivity contribution in [2.75, 3.05) is 13.7 Å². The van der Waals surface area contributed by atoms with E-state index in [0.29, 0.717) is 6.61 Å². The van der Waals surface area contributed by atoms with Crippen molar-refractivity contribution in [1.82, 2.24) is 5.32 Å². The molecule has 2 rings (SSSR count). The van der Waals surface area contributed by atoms with Crippen LogP contribution in [0.5, 0.6) is 0 Å². The van der Waals surface area contributed by atoms with E-state index in [2.05, 4.69) is 5.32 Å². The van der Waals surface area contributed by atoms with E-state index in [1.807, 2.05) is 30.3 Å². The van der Waals surface area contributed by atoms with Crippen LogP contribution in [0.2, 0.25) is 0 Å². The highest BCUT2D eigenvalue weighted by Gasteiger charge is 2.37. The van der Waals surface area contributed by atoms with Crippen molar-refractivity contribution in [3.63, 3.8) is 0 Å². The Balaban J connectivity index is 2.23. The van der Waals surface area contributed by atoms with Crippen molar-refractivity contribution >= 4 is 11.8 Å². The van der Waals surface area contributed by atoms with Crippen molar-refractivity contribution in [1.29, 1.82) is 0 Å². The number of hydrogen-bond donors (Lipinski definition) is 1. The zero-order valence-electron chi connectivity index (χ0n) is 9.68. The summed E-state index contributed by atoms with van der Waals surface area (Å²) in [6, 6.07) is 9.69. The average molecular weight is 233 g/mol. The summed E-state index contributed by atoms with van der Waals surface area (Å²) in [5, 5.41) is 2.34. The third-order valence-corrected chi connectivity index (χ3v) is 3.06. The quantitative estimate of drug-likeness (QED) is 0.792. The summed E-state index contributed by atoms with van der Waals surface area (Å²) in [5.41, 5.74) is 1.03. The van der Waals surface area contributed by atoms with Gasteiger partial charge >= 0.3 is 0 Å². The van der Waals surface area contributed by atoms with E-state index in [0.717, 1.165) is 5.56 Å². The first-order valence-electron chi connectivity index (χ1n) is 5.60. The molecule has 4 heteroatoms. The predicted octanol–water partition coefficient (Wildman–Crippen LogP) is 1.08. The van der Waals surface area contributed by atoms with Crippen LogP contribution in [0, 0.1) is 5.92 Å². The Kier molecular flexibility index (Phi) is 3.54. The molecule has 2 unspecified atom stereocenters. The van der Waals surface area contributed by atoms with Gasteiger partial charge in [0.25, 0.3) is 0 Å². The van der Waals surface area contributed by atoms with Crippen LogP contribution >= 0.6 is 0 Å². The molecule has 1 aromatic rings. The summed E-state index contributed by atoms with van der Waals surface area (Å²) in [6.07, 6.45) is 0.252. The summed E-state index contributed by atoms with van der Waals surface area (Å²) in [5.74, 6) is -0.768. The van der Waals surface area contributed by atoms with Gasteiger partial charge < -0.3 is 4.74 Å². The Hall–Kier alpha value is -1.68. The van der Waals surface area contributed by atoms with Crippen LogP contribution in [-0.4, -0.2) is 25.5 Å². The number of hydrogen-bond acceptors (Lipinski definition) is 3. The summed E-state index contributed by atoms with van der Waals surface area (Å²) >= 11 is 0. The molecule has 1 aliphatic rings. The standard InChI is InChI=1S/C13H15NO3/c1-17-8-11(9-5-3-2-4-6-9)10-7-12(15)14-13(10)16/h2-6,10-11H,7-8H2,1H3,(H,14,15,16). The van der Waals surface area contributed by atoms with Gasteiger partial charge in [0.2, 0.25) is 11.8 Å². The summed E-state index contributed by atoms with van der Waals surface area (Å²) in [7, 11) is 1.60. The third-order valence-electron chi connectivity index (χ3n) is 3.06. The molecule has 0 aliphatic carbocycles. The van der Waals surface area contributed by atoms with Crippen LogP contribution in [0.1, 0.15) is 17.9 Å². The highest BCUT2D eigenvalue weighted by molar-refractivity contribution is 6.03. The molecule has 4 nitrogen and oxygen atoms in total. The van der Waals surface area contributed by atoms with E-state index < -0.39 is 0 Å². The van der Waals surface area contributed by atoms with Crippen molar-refractivity contribution in [2.45, 2.75) is 12.3 Å². The number of ether oxygens (including phenoxy) is 1. The molecule has 1 heterocycles. The van der Waals surface area contributed by atoms with E-state index in [4.69, 9.17) is 4.74 Å². The molecular weight excluding hydrogens is 218 g/mol. The first-order valence-corrected chi connectivity index (χ1v) is 5.60. The number of carbonyl (C=O) groups is 2. The fraction of sp³-hybridized carbons (Fsp3) is 0.385. The molecule has 1 N–H and O–H groups in total. The molecule has 2 amide bonds. The monoisotopic (exact) mass is 233 g/mol. The van der Waals surface area contributed by atoms with E-state index in [1.165, 1.54) is 0 Å². The smallest absolute Gasteiger partial charge is 0.230 e. The molecule has 0 radical (unpaired) electrons. The van der Waals surface area contributed by atoms with E-state index >= 15 is 0 Å². The zero-order chi connectivity index (χ0) is 12.3. The number of carbonyl (C=O) groups excluding carboxylic acids is 2. The van der Waals surface area contributed by atoms with E-state index in [9.17, 15) is 9.59 Å². The number of methoxy groups -OCH3 is 1. The Labute approximate surface area is 100.0 Å². The molecular formula is C13H15NO3. The minimum absolute atomic E-state index is 0.0624. The van der Waals surface area contributed by atoms with Gasteiger partial charge in [0.1, 0.15) is 0 Å². The average Bonchev–Trinajstić information content (AvgIpc) is 2.66. The molecule has 0 bridgehead atoms. The van der Waals surface area contributed by atoms with Gasteiger partial charge in [-0.05, 0) is 5.56 Å². The van der Waals surface area contributed by atoms with Crippen molar-refractivity contribution in [2.24, 2.45) is 5.92 Å². The highest BCUT2D eigenvalue weighted by Crippen LogP contribution is 2.30. The van der Waals surface area contributed by atoms with Crippen LogP contribution in [0.3, 0.4) is 0 Å². The molecule has 17 heavy (non-hydrogen) atoms. The molecule has 1 fully saturated rings. The van der Waals surface area contributed by atoms with Gasteiger partial charge in [-0.2, -0.15) is 0 Å². The Morgan fingerprint density at radius 3 is 2.59 bits per heavy atom. The molecule has 0 spiro atoms. The molecule has 90 valence electrons. The number of amides is 2. The fourth-order valence-corrected chi connectivity index (χ4v) is 2.22. The van der Waals surface area contributed by atoms with Gasteiger partial charge in [-0.25, -0.2) is 0 Å². The molecule has 1 aliphatic heterocycles. The largest absolute Gasteiger partial charge is 0.384 e. The van der Waals surface area contributed by atoms with E-state index in [1.54, 1.807) is 7.11 Å². The summed E-state index contributed by atoms with van der Waals surface area (Å²) in [6.45, 7) is 0.440. The van der Waals surface area contributed by atoms with Crippen LogP contribution in [0.4, 0.5) is 0 Å². The molecule has 1 aromatic carbocycles. The minimum atomic E-state index is -0.315. The van der Waals surface area contributed by atoms with Gasteiger partial charge in [0.05, 0.1) is 12.5 Å². The van der Waals surface area contributed by atoms with Crippen LogP contribution in [0.25, 0.3) is 0 Å². The lowest BCUT2D eigenvalue weighted by Crippen LogP contribution is -2.27. The number of imide groups is 1. The summed E-state index contributed by atoms with van der Waals surface area (Å²) in [4.78, 5) is 22.9. The second-order valence-corrected chi connectivity index (χ2v) is 4.20. The second-order valence-electron chi connectivity index (χ2n) is 4.20. The van der Waals surface area contributed by atoms with Crippen molar-refractivity contribution in [3.8, 4) is 0 Å². The maximum absolute atomic E-state index is 11.7. The van der Waals surface area contributed by atoms with E-state index in [-0.39, 0.29) is 30.1 Å². The zero-order valence-corrected chi connectivity index (χ0v) is 9.68. The lowest BCUT2D eigenvalue weighted by Gasteiger charge is -2.20. The fourth-order valence-electron chi connectivity index (χ4n) is 2.22. The number of rotatable bonds is 4. The maximum Gasteiger partial charge on any atom is 0.230 e. The lowest BCUT2D eigenvalue weighted by molar-refractivity contribution is -0.126. The van der Waals surface area contributed by atoms with Crippen LogP contribution in [0.15, 0.2) is 30.3 Å². The van der Waals surface area contributed by atoms with Gasteiger partial charge in [-0.1, -0.05) is 30.3 Å². The Bertz CT molecular complexity index is 416. The SMILES string of the molecule is COCC(c1ccccc1)C1CC(=O)NC1=O. The summed E-state index contributed by atoms with van der Waals surface area (Å²) < 4.78 is 5.16. The molecule has 0 aromatic heterocycles. The lowest BCUT2D eigenvalue weighted by atomic mass is 9.85. The predicted molar refractivity (Wildman–Crippen MR) is 62.3 cm³/mol. The topological polar surface area (TPSA) is 55.4 Å². The highest BCUT2D eigenvalue weighted by atomic mass is 16.5. The van der Waals surface area contributed by atoms with Crippen LogP contribution < -0.4 is 5.32 Å². The maximum atomic E-state index is 11.7. The third kappa shape index (κ3) is 2.53. The van der Waals surface area contributed by atoms with Gasteiger partial charge in [-0.15, -0.1) is 0 Å². The molecule has 2 atom stereocenters. The van der Waals surface area contributed by atoms with Gasteiger partial charge in [-0.3, -0.25) is 14.9 Å². The second kappa shape index (κ2) is 5.10. The Morgan fingerprint density at radius 1 is 1.35 bits per heavy atom. The van der Waals surface area contributed by atoms with Crippen molar-refractivity contribution in [3.05, 3.63) is 35.9 Å². The molecule has 0 saturated carbocycles. The van der Waals surface area contributed by atoms with Crippen molar-refractivity contribution < 1.29 is 14.3 Å². The first-order chi connectivity index (χ1) is 8.22. The number of nitrogens with one attached hydrogen (secondary N) is 1. The van der Waals surface area contributed by atoms with Gasteiger partial charge in [0, 0.05) is 19.4 Å². The van der Waals surface area contributed by atoms with Crippen LogP contribution in [-0.2, 0) is 14.3 Å².